The van der Waals surface area contributed by atoms with E-state index in [1.165, 1.54) is 19.2 Å². The molecule has 1 N–H and O–H groups in total. The van der Waals surface area contributed by atoms with Crippen molar-refractivity contribution in [3.8, 4) is 5.75 Å². The summed E-state index contributed by atoms with van der Waals surface area (Å²) >= 11 is 0. The van der Waals surface area contributed by atoms with Crippen LogP contribution in [0.2, 0.25) is 0 Å². The van der Waals surface area contributed by atoms with Gasteiger partial charge in [-0.15, -0.1) is 0 Å². The first kappa shape index (κ1) is 16.6. The fourth-order valence-electron chi connectivity index (χ4n) is 2.99. The van der Waals surface area contributed by atoms with E-state index in [2.05, 4.69) is 4.72 Å². The molecule has 23 heavy (non-hydrogen) atoms. The van der Waals surface area contributed by atoms with Crippen LogP contribution in [0.3, 0.4) is 0 Å². The van der Waals surface area contributed by atoms with Gasteiger partial charge in [0.1, 0.15) is 0 Å². The molecule has 1 aliphatic carbocycles. The lowest BCUT2D eigenvalue weighted by Gasteiger charge is -2.21. The summed E-state index contributed by atoms with van der Waals surface area (Å²) in [6.45, 7) is 0.456. The topological polar surface area (TPSA) is 73.9 Å². The summed E-state index contributed by atoms with van der Waals surface area (Å²) in [6, 6.07) is 3.52. The highest BCUT2D eigenvalue weighted by atomic mass is 32.2. The molecule has 1 aromatic carbocycles. The summed E-state index contributed by atoms with van der Waals surface area (Å²) in [5.74, 6) is -1.25. The normalized spacial score (nSPS) is 23.5. The number of sulfonamides is 1. The summed E-state index contributed by atoms with van der Waals surface area (Å²) < 4.78 is 56.9. The van der Waals surface area contributed by atoms with Crippen molar-refractivity contribution in [1.29, 1.82) is 0 Å². The Balaban J connectivity index is 1.62. The number of benzene rings is 1. The fourth-order valence-corrected chi connectivity index (χ4v) is 4.07. The summed E-state index contributed by atoms with van der Waals surface area (Å²) in [4.78, 5) is -0.148. The first-order valence-electron chi connectivity index (χ1n) is 7.59. The molecule has 1 heterocycles. The minimum absolute atomic E-state index is 0.000323. The second-order valence-electron chi connectivity index (χ2n) is 5.82. The molecule has 1 unspecified atom stereocenters. The van der Waals surface area contributed by atoms with Crippen LogP contribution in [-0.2, 0) is 19.5 Å². The lowest BCUT2D eigenvalue weighted by molar-refractivity contribution is -0.160. The van der Waals surface area contributed by atoms with Crippen LogP contribution in [0.5, 0.6) is 5.75 Å². The van der Waals surface area contributed by atoms with Gasteiger partial charge in [-0.25, -0.2) is 17.5 Å². The highest BCUT2D eigenvalue weighted by Crippen LogP contribution is 2.39. The van der Waals surface area contributed by atoms with Crippen LogP contribution in [0, 0.1) is 5.82 Å². The largest absolute Gasteiger partial charge is 0.494 e. The van der Waals surface area contributed by atoms with Crippen LogP contribution in [0.1, 0.15) is 25.7 Å². The molecule has 2 aliphatic rings. The Morgan fingerprint density at radius 2 is 2.13 bits per heavy atom. The highest BCUT2D eigenvalue weighted by Gasteiger charge is 2.43. The molecule has 8 heteroatoms. The van der Waals surface area contributed by atoms with Gasteiger partial charge in [-0.2, -0.15) is 0 Å². The molecule has 1 aliphatic heterocycles. The zero-order valence-electron chi connectivity index (χ0n) is 12.9. The van der Waals surface area contributed by atoms with Crippen molar-refractivity contribution in [3.05, 3.63) is 24.0 Å². The van der Waals surface area contributed by atoms with Gasteiger partial charge in [0.2, 0.25) is 10.0 Å². The number of methoxy groups -OCH3 is 1. The van der Waals surface area contributed by atoms with E-state index < -0.39 is 21.6 Å². The maximum Gasteiger partial charge on any atom is 0.240 e. The van der Waals surface area contributed by atoms with Gasteiger partial charge in [0, 0.05) is 19.4 Å². The first-order valence-corrected chi connectivity index (χ1v) is 9.07. The van der Waals surface area contributed by atoms with E-state index in [1.54, 1.807) is 0 Å². The molecule has 1 saturated heterocycles. The maximum absolute atomic E-state index is 13.7. The predicted molar refractivity (Wildman–Crippen MR) is 80.2 cm³/mol. The molecule has 1 saturated carbocycles. The molecule has 6 nitrogen and oxygen atoms in total. The molecular weight excluding hydrogens is 325 g/mol. The average molecular weight is 345 g/mol. The monoisotopic (exact) mass is 345 g/mol. The smallest absolute Gasteiger partial charge is 0.240 e. The molecule has 1 aromatic rings. The number of rotatable bonds is 5. The van der Waals surface area contributed by atoms with Crippen LogP contribution in [0.15, 0.2) is 23.1 Å². The molecule has 3 rings (SSSR count). The van der Waals surface area contributed by atoms with Gasteiger partial charge >= 0.3 is 0 Å². The Morgan fingerprint density at radius 1 is 1.39 bits per heavy atom. The molecule has 0 aromatic heterocycles. The Kier molecular flexibility index (Phi) is 4.59. The van der Waals surface area contributed by atoms with Gasteiger partial charge in [0.15, 0.2) is 17.4 Å². The fraction of sp³-hybridized carbons (Fsp3) is 0.600. The molecule has 0 radical (unpaired) electrons. The molecule has 1 spiro atoms. The first-order chi connectivity index (χ1) is 10.9. The van der Waals surface area contributed by atoms with Crippen LogP contribution in [0.4, 0.5) is 4.39 Å². The third-order valence-corrected chi connectivity index (χ3v) is 5.63. The van der Waals surface area contributed by atoms with Gasteiger partial charge in [0.05, 0.1) is 24.7 Å². The molecule has 0 bridgehead atoms. The van der Waals surface area contributed by atoms with Gasteiger partial charge in [-0.3, -0.25) is 0 Å². The summed E-state index contributed by atoms with van der Waals surface area (Å²) in [5.41, 5.74) is 0. The second-order valence-corrected chi connectivity index (χ2v) is 7.58. The Morgan fingerprint density at radius 3 is 2.78 bits per heavy atom. The summed E-state index contributed by atoms with van der Waals surface area (Å²) in [6.07, 6.45) is 3.48. The second kappa shape index (κ2) is 6.35. The van der Waals surface area contributed by atoms with E-state index in [4.69, 9.17) is 14.2 Å². The van der Waals surface area contributed by atoms with Crippen molar-refractivity contribution in [2.75, 3.05) is 20.3 Å². The van der Waals surface area contributed by atoms with Crippen molar-refractivity contribution in [2.45, 2.75) is 42.5 Å². The molecule has 128 valence electrons. The van der Waals surface area contributed by atoms with Gasteiger partial charge in [-0.1, -0.05) is 0 Å². The van der Waals surface area contributed by atoms with Crippen molar-refractivity contribution in [3.63, 3.8) is 0 Å². The zero-order valence-corrected chi connectivity index (χ0v) is 13.7. The van der Waals surface area contributed by atoms with Crippen LogP contribution >= 0.6 is 0 Å². The summed E-state index contributed by atoms with van der Waals surface area (Å²) in [5, 5.41) is 0. The molecular formula is C15H20FNO5S. The highest BCUT2D eigenvalue weighted by molar-refractivity contribution is 7.89. The third kappa shape index (κ3) is 3.50. The SMILES string of the molecule is COc1ccc(S(=O)(=O)NCC2COC3(CCCC3)O2)cc1F. The van der Waals surface area contributed by atoms with Crippen molar-refractivity contribution in [2.24, 2.45) is 0 Å². The minimum Gasteiger partial charge on any atom is -0.494 e. The van der Waals surface area contributed by atoms with Crippen molar-refractivity contribution in [1.82, 2.24) is 4.72 Å². The molecule has 1 atom stereocenters. The lowest BCUT2D eigenvalue weighted by Crippen LogP contribution is -2.35. The molecule has 2 fully saturated rings. The number of ether oxygens (including phenoxy) is 3. The number of hydrogen-bond donors (Lipinski definition) is 1. The van der Waals surface area contributed by atoms with E-state index >= 15 is 0 Å². The van der Waals surface area contributed by atoms with Crippen molar-refractivity contribution < 1.29 is 27.0 Å². The Labute approximate surface area is 135 Å². The van der Waals surface area contributed by atoms with Crippen molar-refractivity contribution >= 4 is 10.0 Å². The van der Waals surface area contributed by atoms with E-state index in [1.807, 2.05) is 0 Å². The average Bonchev–Trinajstić information content (AvgIpc) is 3.15. The number of nitrogens with one attached hydrogen (secondary N) is 1. The van der Waals surface area contributed by atoms with E-state index in [-0.39, 0.29) is 23.3 Å². The van der Waals surface area contributed by atoms with E-state index in [0.717, 1.165) is 31.7 Å². The van der Waals surface area contributed by atoms with Gasteiger partial charge in [-0.05, 0) is 31.0 Å². The maximum atomic E-state index is 13.7. The predicted octanol–water partition coefficient (Wildman–Crippen LogP) is 1.80. The van der Waals surface area contributed by atoms with Gasteiger partial charge < -0.3 is 14.2 Å². The zero-order chi connectivity index (χ0) is 16.5. The quantitative estimate of drug-likeness (QED) is 0.881. The lowest BCUT2D eigenvalue weighted by atomic mass is 10.2. The van der Waals surface area contributed by atoms with Crippen LogP contribution in [-0.4, -0.2) is 40.6 Å². The Hall–Kier alpha value is -1.22. The summed E-state index contributed by atoms with van der Waals surface area (Å²) in [7, 11) is -2.49. The van der Waals surface area contributed by atoms with E-state index in [0.29, 0.717) is 6.61 Å². The van der Waals surface area contributed by atoms with Gasteiger partial charge in [0.25, 0.3) is 0 Å². The Bertz CT molecular complexity index is 672. The minimum atomic E-state index is -3.81. The third-order valence-electron chi connectivity index (χ3n) is 4.21. The standard InChI is InChI=1S/C15H20FNO5S/c1-20-14-5-4-12(8-13(14)16)23(18,19)17-9-11-10-21-15(22-11)6-2-3-7-15/h4-5,8,11,17H,2-3,6-7,9-10H2,1H3. The molecule has 0 amide bonds. The number of hydrogen-bond acceptors (Lipinski definition) is 5. The van der Waals surface area contributed by atoms with Crippen LogP contribution < -0.4 is 9.46 Å². The van der Waals surface area contributed by atoms with E-state index in [9.17, 15) is 12.8 Å². The van der Waals surface area contributed by atoms with Crippen LogP contribution in [0.25, 0.3) is 0 Å². The number of halogens is 1.